The first kappa shape index (κ1) is 16.6. The molecule has 0 bridgehead atoms. The smallest absolute Gasteiger partial charge is 0.240 e. The van der Waals surface area contributed by atoms with Crippen LogP contribution in [0.25, 0.3) is 0 Å². The molecule has 128 valence electrons. The number of likely N-dealkylation sites (tertiary alicyclic amines) is 1. The zero-order valence-electron chi connectivity index (χ0n) is 14.3. The summed E-state index contributed by atoms with van der Waals surface area (Å²) >= 11 is 0. The first-order chi connectivity index (χ1) is 11.7. The third kappa shape index (κ3) is 3.82. The molecule has 2 heterocycles. The zero-order chi connectivity index (χ0) is 16.9. The number of hydrogen-bond donors (Lipinski definition) is 0. The van der Waals surface area contributed by atoms with Gasteiger partial charge >= 0.3 is 0 Å². The van der Waals surface area contributed by atoms with Crippen molar-refractivity contribution in [3.8, 4) is 0 Å². The summed E-state index contributed by atoms with van der Waals surface area (Å²) < 4.78 is 5.21. The highest BCUT2D eigenvalue weighted by Gasteiger charge is 2.34. The van der Waals surface area contributed by atoms with E-state index in [-0.39, 0.29) is 11.9 Å². The van der Waals surface area contributed by atoms with Gasteiger partial charge < -0.3 is 9.42 Å². The molecule has 0 radical (unpaired) electrons. The van der Waals surface area contributed by atoms with E-state index in [4.69, 9.17) is 4.52 Å². The third-order valence-electron chi connectivity index (χ3n) is 4.38. The van der Waals surface area contributed by atoms with E-state index in [0.29, 0.717) is 24.8 Å². The predicted molar refractivity (Wildman–Crippen MR) is 90.0 cm³/mol. The van der Waals surface area contributed by atoms with Crippen molar-refractivity contribution in [3.63, 3.8) is 0 Å². The number of benzene rings is 1. The maximum atomic E-state index is 12.7. The summed E-state index contributed by atoms with van der Waals surface area (Å²) in [7, 11) is 1.95. The maximum absolute atomic E-state index is 12.7. The number of rotatable bonds is 7. The molecule has 0 spiro atoms. The highest BCUT2D eigenvalue weighted by atomic mass is 16.5. The van der Waals surface area contributed by atoms with E-state index in [1.165, 1.54) is 0 Å². The predicted octanol–water partition coefficient (Wildman–Crippen LogP) is 2.25. The monoisotopic (exact) mass is 328 g/mol. The molecule has 0 saturated carbocycles. The molecule has 1 atom stereocenters. The number of carbonyl (C=O) groups excluding carboxylic acids is 1. The molecule has 0 N–H and O–H groups in total. The van der Waals surface area contributed by atoms with Crippen molar-refractivity contribution in [2.75, 3.05) is 13.6 Å². The lowest BCUT2D eigenvalue weighted by Crippen LogP contribution is -2.39. The van der Waals surface area contributed by atoms with Crippen molar-refractivity contribution in [2.45, 2.75) is 45.3 Å². The molecule has 24 heavy (non-hydrogen) atoms. The fraction of sp³-hybridized carbons (Fsp3) is 0.500. The van der Waals surface area contributed by atoms with Crippen LogP contribution in [-0.2, 0) is 24.3 Å². The number of likely N-dealkylation sites (N-methyl/N-ethyl adjacent to an activating group) is 1. The maximum Gasteiger partial charge on any atom is 0.240 e. The van der Waals surface area contributed by atoms with Crippen LogP contribution in [0.3, 0.4) is 0 Å². The van der Waals surface area contributed by atoms with Crippen molar-refractivity contribution in [3.05, 3.63) is 47.6 Å². The van der Waals surface area contributed by atoms with Gasteiger partial charge in [0.2, 0.25) is 11.8 Å². The molecule has 1 aliphatic heterocycles. The van der Waals surface area contributed by atoms with Crippen molar-refractivity contribution in [1.82, 2.24) is 19.9 Å². The van der Waals surface area contributed by atoms with Gasteiger partial charge in [0.1, 0.15) is 0 Å². The van der Waals surface area contributed by atoms with Crippen LogP contribution in [0.1, 0.15) is 37.0 Å². The Morgan fingerprint density at radius 2 is 2.12 bits per heavy atom. The van der Waals surface area contributed by atoms with Crippen LogP contribution in [0.15, 0.2) is 34.9 Å². The summed E-state index contributed by atoms with van der Waals surface area (Å²) in [4.78, 5) is 21.0. The van der Waals surface area contributed by atoms with Gasteiger partial charge in [-0.05, 0) is 25.5 Å². The quantitative estimate of drug-likeness (QED) is 0.780. The molecule has 1 saturated heterocycles. The van der Waals surface area contributed by atoms with Gasteiger partial charge in [0.25, 0.3) is 0 Å². The van der Waals surface area contributed by atoms with Crippen molar-refractivity contribution < 1.29 is 9.32 Å². The van der Waals surface area contributed by atoms with Crippen LogP contribution in [0.2, 0.25) is 0 Å². The van der Waals surface area contributed by atoms with E-state index < -0.39 is 0 Å². The van der Waals surface area contributed by atoms with Gasteiger partial charge in [0.15, 0.2) is 5.82 Å². The van der Waals surface area contributed by atoms with E-state index in [1.54, 1.807) is 0 Å². The Balaban J connectivity index is 1.57. The lowest BCUT2D eigenvalue weighted by Gasteiger charge is -2.22. The zero-order valence-corrected chi connectivity index (χ0v) is 14.3. The number of nitrogens with zero attached hydrogens (tertiary/aromatic N) is 4. The first-order valence-corrected chi connectivity index (χ1v) is 8.51. The molecule has 3 rings (SSSR count). The van der Waals surface area contributed by atoms with Gasteiger partial charge in [0.05, 0.1) is 12.6 Å². The molecule has 6 heteroatoms. The summed E-state index contributed by atoms with van der Waals surface area (Å²) in [5.41, 5.74) is 1.16. The summed E-state index contributed by atoms with van der Waals surface area (Å²) in [6, 6.07) is 10.00. The van der Waals surface area contributed by atoms with Crippen molar-refractivity contribution >= 4 is 5.91 Å². The van der Waals surface area contributed by atoms with Crippen LogP contribution in [0.4, 0.5) is 0 Å². The topological polar surface area (TPSA) is 62.5 Å². The van der Waals surface area contributed by atoms with E-state index in [0.717, 1.165) is 31.4 Å². The molecule has 2 aromatic rings. The van der Waals surface area contributed by atoms with Crippen molar-refractivity contribution in [1.29, 1.82) is 0 Å². The van der Waals surface area contributed by atoms with Gasteiger partial charge in [0, 0.05) is 19.5 Å². The lowest BCUT2D eigenvalue weighted by molar-refractivity contribution is -0.132. The minimum absolute atomic E-state index is 0.109. The van der Waals surface area contributed by atoms with Crippen LogP contribution in [0.5, 0.6) is 0 Å². The Morgan fingerprint density at radius 1 is 1.33 bits per heavy atom. The van der Waals surface area contributed by atoms with E-state index in [9.17, 15) is 4.79 Å². The van der Waals surface area contributed by atoms with Gasteiger partial charge in [-0.3, -0.25) is 9.69 Å². The minimum atomic E-state index is -0.109. The molecule has 1 aromatic heterocycles. The SMILES string of the molecule is CCCc1nc(CN(C)C2CCN(Cc3ccccc3)C2=O)no1. The number of amides is 1. The molecular weight excluding hydrogens is 304 g/mol. The van der Waals surface area contributed by atoms with Crippen LogP contribution >= 0.6 is 0 Å². The molecule has 1 unspecified atom stereocenters. The highest BCUT2D eigenvalue weighted by Crippen LogP contribution is 2.20. The average Bonchev–Trinajstić information content (AvgIpc) is 3.16. The van der Waals surface area contributed by atoms with Gasteiger partial charge in [-0.25, -0.2) is 0 Å². The number of hydrogen-bond acceptors (Lipinski definition) is 5. The molecule has 1 aromatic carbocycles. The minimum Gasteiger partial charge on any atom is -0.339 e. The van der Waals surface area contributed by atoms with E-state index in [1.807, 2.05) is 35.0 Å². The highest BCUT2D eigenvalue weighted by molar-refractivity contribution is 5.83. The van der Waals surface area contributed by atoms with Gasteiger partial charge in [-0.15, -0.1) is 0 Å². The summed E-state index contributed by atoms with van der Waals surface area (Å²) in [6.07, 6.45) is 2.61. The molecule has 1 amide bonds. The second kappa shape index (κ2) is 7.57. The Morgan fingerprint density at radius 3 is 2.88 bits per heavy atom. The van der Waals surface area contributed by atoms with Crippen LogP contribution < -0.4 is 0 Å². The molecule has 6 nitrogen and oxygen atoms in total. The second-order valence-corrected chi connectivity index (χ2v) is 6.32. The summed E-state index contributed by atoms with van der Waals surface area (Å²) in [5, 5.41) is 4.01. The van der Waals surface area contributed by atoms with E-state index in [2.05, 4.69) is 29.2 Å². The lowest BCUT2D eigenvalue weighted by atomic mass is 10.2. The summed E-state index contributed by atoms with van der Waals surface area (Å²) in [5.74, 6) is 1.50. The molecule has 1 fully saturated rings. The number of aryl methyl sites for hydroxylation is 1. The summed E-state index contributed by atoms with van der Waals surface area (Å²) in [6.45, 7) is 4.07. The van der Waals surface area contributed by atoms with Gasteiger partial charge in [-0.1, -0.05) is 42.4 Å². The van der Waals surface area contributed by atoms with Crippen LogP contribution in [-0.4, -0.2) is 45.5 Å². The Labute approximate surface area is 142 Å². The van der Waals surface area contributed by atoms with Gasteiger partial charge in [-0.2, -0.15) is 4.98 Å². The Hall–Kier alpha value is -2.21. The fourth-order valence-corrected chi connectivity index (χ4v) is 3.10. The molecule has 0 aliphatic carbocycles. The van der Waals surface area contributed by atoms with Crippen LogP contribution in [0, 0.1) is 0 Å². The Kier molecular flexibility index (Phi) is 5.25. The molecule has 1 aliphatic rings. The second-order valence-electron chi connectivity index (χ2n) is 6.32. The standard InChI is InChI=1S/C18H24N4O2/c1-3-7-17-19-16(20-24-17)13-21(2)15-10-11-22(18(15)23)12-14-8-5-4-6-9-14/h4-6,8-9,15H,3,7,10-13H2,1-2H3. The number of aromatic nitrogens is 2. The normalized spacial score (nSPS) is 17.9. The average molecular weight is 328 g/mol. The number of carbonyl (C=O) groups is 1. The molecular formula is C18H24N4O2. The fourth-order valence-electron chi connectivity index (χ4n) is 3.10. The third-order valence-corrected chi connectivity index (χ3v) is 4.38. The Bertz CT molecular complexity index is 671. The van der Waals surface area contributed by atoms with Crippen molar-refractivity contribution in [2.24, 2.45) is 0 Å². The first-order valence-electron chi connectivity index (χ1n) is 8.51. The van der Waals surface area contributed by atoms with E-state index >= 15 is 0 Å². The largest absolute Gasteiger partial charge is 0.339 e.